The smallest absolute Gasteiger partial charge is 0.325 e. The van der Waals surface area contributed by atoms with E-state index >= 15 is 0 Å². The van der Waals surface area contributed by atoms with Gasteiger partial charge in [0.1, 0.15) is 12.2 Å². The lowest BCUT2D eigenvalue weighted by atomic mass is 10.2. The Labute approximate surface area is 182 Å². The standard InChI is InChI=1S/C22H21N3O5S/c1-3-23(15-6-4-5-14(2)11-15)21(28)13-24-16-9-10-31-18(16)12-17(24)22(29)30-25-19(26)7-8-20(25)27/h4-6,9-12H,3,7-8,13H2,1-2H3. The Morgan fingerprint density at radius 1 is 1.13 bits per heavy atom. The fraction of sp³-hybridized carbons (Fsp3) is 0.273. The number of carbonyl (C=O) groups is 4. The van der Waals surface area contributed by atoms with Crippen LogP contribution in [-0.2, 0) is 25.8 Å². The molecule has 8 nitrogen and oxygen atoms in total. The maximum Gasteiger partial charge on any atom is 0.380 e. The molecule has 9 heteroatoms. The van der Waals surface area contributed by atoms with E-state index in [2.05, 4.69) is 0 Å². The van der Waals surface area contributed by atoms with Crippen LogP contribution in [0, 0.1) is 6.92 Å². The molecular weight excluding hydrogens is 418 g/mol. The van der Waals surface area contributed by atoms with Crippen molar-refractivity contribution in [3.05, 3.63) is 53.0 Å². The summed E-state index contributed by atoms with van der Waals surface area (Å²) < 4.78 is 2.37. The van der Waals surface area contributed by atoms with Crippen molar-refractivity contribution in [2.45, 2.75) is 33.2 Å². The van der Waals surface area contributed by atoms with Crippen molar-refractivity contribution in [2.75, 3.05) is 11.4 Å². The lowest BCUT2D eigenvalue weighted by Gasteiger charge is -2.22. The van der Waals surface area contributed by atoms with Crippen molar-refractivity contribution in [2.24, 2.45) is 0 Å². The molecule has 31 heavy (non-hydrogen) atoms. The molecule has 0 N–H and O–H groups in total. The average molecular weight is 439 g/mol. The molecule has 4 rings (SSSR count). The molecule has 1 saturated heterocycles. The number of anilines is 1. The molecule has 0 atom stereocenters. The normalized spacial score (nSPS) is 13.8. The predicted octanol–water partition coefficient (Wildman–Crippen LogP) is 3.29. The minimum absolute atomic E-state index is 0.0165. The first-order valence-electron chi connectivity index (χ1n) is 9.91. The molecule has 0 unspecified atom stereocenters. The highest BCUT2D eigenvalue weighted by Gasteiger charge is 2.34. The number of aryl methyl sites for hydroxylation is 1. The summed E-state index contributed by atoms with van der Waals surface area (Å²) in [4.78, 5) is 56.3. The molecule has 3 heterocycles. The van der Waals surface area contributed by atoms with Gasteiger partial charge in [-0.2, -0.15) is 0 Å². The fourth-order valence-electron chi connectivity index (χ4n) is 3.62. The van der Waals surface area contributed by atoms with Gasteiger partial charge in [0, 0.05) is 25.1 Å². The van der Waals surface area contributed by atoms with Gasteiger partial charge in [-0.15, -0.1) is 16.4 Å². The van der Waals surface area contributed by atoms with Crippen molar-refractivity contribution in [3.63, 3.8) is 0 Å². The van der Waals surface area contributed by atoms with Crippen LogP contribution in [0.5, 0.6) is 0 Å². The third-order valence-corrected chi connectivity index (χ3v) is 5.99. The van der Waals surface area contributed by atoms with Gasteiger partial charge in [-0.3, -0.25) is 14.4 Å². The van der Waals surface area contributed by atoms with Gasteiger partial charge in [-0.1, -0.05) is 12.1 Å². The number of amides is 3. The highest BCUT2D eigenvalue weighted by Crippen LogP contribution is 2.27. The molecule has 2 aromatic heterocycles. The van der Waals surface area contributed by atoms with E-state index in [1.807, 2.05) is 49.6 Å². The molecule has 160 valence electrons. The molecule has 1 aliphatic heterocycles. The van der Waals surface area contributed by atoms with Crippen LogP contribution >= 0.6 is 11.3 Å². The number of aromatic nitrogens is 1. The maximum atomic E-state index is 13.2. The topological polar surface area (TPSA) is 88.9 Å². The second-order valence-corrected chi connectivity index (χ2v) is 8.17. The van der Waals surface area contributed by atoms with Gasteiger partial charge >= 0.3 is 5.97 Å². The van der Waals surface area contributed by atoms with Crippen LogP contribution < -0.4 is 4.90 Å². The van der Waals surface area contributed by atoms with Gasteiger partial charge in [0.15, 0.2) is 0 Å². The summed E-state index contributed by atoms with van der Waals surface area (Å²) in [5.41, 5.74) is 2.64. The molecule has 0 bridgehead atoms. The summed E-state index contributed by atoms with van der Waals surface area (Å²) in [6.45, 7) is 4.22. The maximum absolute atomic E-state index is 13.2. The summed E-state index contributed by atoms with van der Waals surface area (Å²) in [7, 11) is 0. The second kappa shape index (κ2) is 8.35. The Hall–Kier alpha value is -3.46. The Morgan fingerprint density at radius 3 is 2.55 bits per heavy atom. The lowest BCUT2D eigenvalue weighted by Crippen LogP contribution is -2.35. The third kappa shape index (κ3) is 3.96. The molecule has 1 aliphatic rings. The summed E-state index contributed by atoms with van der Waals surface area (Å²) in [6, 6.07) is 11.1. The van der Waals surface area contributed by atoms with Crippen LogP contribution in [0.4, 0.5) is 5.69 Å². The third-order valence-electron chi connectivity index (χ3n) is 5.14. The van der Waals surface area contributed by atoms with Crippen molar-refractivity contribution in [3.8, 4) is 0 Å². The zero-order valence-corrected chi connectivity index (χ0v) is 18.0. The van der Waals surface area contributed by atoms with E-state index in [0.717, 1.165) is 16.0 Å². The van der Waals surface area contributed by atoms with E-state index in [9.17, 15) is 19.2 Å². The first-order valence-corrected chi connectivity index (χ1v) is 10.8. The second-order valence-electron chi connectivity index (χ2n) is 7.22. The van der Waals surface area contributed by atoms with E-state index in [4.69, 9.17) is 4.84 Å². The van der Waals surface area contributed by atoms with E-state index in [0.29, 0.717) is 17.1 Å². The number of hydrogen-bond donors (Lipinski definition) is 0. The summed E-state index contributed by atoms with van der Waals surface area (Å²) in [5, 5.41) is 2.38. The highest BCUT2D eigenvalue weighted by molar-refractivity contribution is 7.17. The van der Waals surface area contributed by atoms with Gasteiger partial charge in [0.2, 0.25) is 5.91 Å². The number of fused-ring (bicyclic) bond motifs is 1. The van der Waals surface area contributed by atoms with Gasteiger partial charge in [-0.25, -0.2) is 4.79 Å². The Bertz CT molecular complexity index is 1180. The van der Waals surface area contributed by atoms with E-state index in [1.165, 1.54) is 11.3 Å². The van der Waals surface area contributed by atoms with Crippen LogP contribution in [0.1, 0.15) is 35.8 Å². The number of hydrogen-bond acceptors (Lipinski definition) is 6. The highest BCUT2D eigenvalue weighted by atomic mass is 32.1. The van der Waals surface area contributed by atoms with Crippen molar-refractivity contribution in [1.29, 1.82) is 0 Å². The lowest BCUT2D eigenvalue weighted by molar-refractivity contribution is -0.172. The van der Waals surface area contributed by atoms with Gasteiger partial charge in [0.05, 0.1) is 10.2 Å². The summed E-state index contributed by atoms with van der Waals surface area (Å²) in [6.07, 6.45) is 0.0330. The largest absolute Gasteiger partial charge is 0.380 e. The van der Waals surface area contributed by atoms with E-state index in [-0.39, 0.29) is 31.0 Å². The van der Waals surface area contributed by atoms with Crippen molar-refractivity contribution in [1.82, 2.24) is 9.63 Å². The number of imide groups is 1. The summed E-state index contributed by atoms with van der Waals surface area (Å²) >= 11 is 1.42. The number of thiophene rings is 1. The first kappa shape index (κ1) is 20.8. The molecule has 0 spiro atoms. The SMILES string of the molecule is CCN(C(=O)Cn1c(C(=O)ON2C(=O)CCC2=O)cc2sccc21)c1cccc(C)c1. The van der Waals surface area contributed by atoms with Crippen molar-refractivity contribution >= 4 is 50.9 Å². The molecule has 0 saturated carbocycles. The number of benzene rings is 1. The van der Waals surface area contributed by atoms with Gasteiger partial charge < -0.3 is 14.3 Å². The van der Waals surface area contributed by atoms with Gasteiger partial charge in [-0.05, 0) is 49.1 Å². The Balaban J connectivity index is 1.63. The van der Waals surface area contributed by atoms with Gasteiger partial charge in [0.25, 0.3) is 11.8 Å². The molecule has 0 aliphatic carbocycles. The number of nitrogens with zero attached hydrogens (tertiary/aromatic N) is 3. The number of rotatable bonds is 6. The van der Waals surface area contributed by atoms with Crippen molar-refractivity contribution < 1.29 is 24.0 Å². The zero-order chi connectivity index (χ0) is 22.1. The van der Waals surface area contributed by atoms with E-state index in [1.54, 1.807) is 15.5 Å². The summed E-state index contributed by atoms with van der Waals surface area (Å²) in [5.74, 6) is -2.14. The number of hydroxylamine groups is 2. The molecule has 1 fully saturated rings. The molecular formula is C22H21N3O5S. The molecule has 3 amide bonds. The Kier molecular flexibility index (Phi) is 5.60. The first-order chi connectivity index (χ1) is 14.9. The van der Waals surface area contributed by atoms with Crippen LogP contribution in [0.3, 0.4) is 0 Å². The van der Waals surface area contributed by atoms with Crippen LogP contribution in [-0.4, -0.2) is 39.9 Å². The predicted molar refractivity (Wildman–Crippen MR) is 116 cm³/mol. The minimum atomic E-state index is -0.849. The number of carbonyl (C=O) groups excluding carboxylic acids is 4. The quantitative estimate of drug-likeness (QED) is 0.550. The van der Waals surface area contributed by atoms with Crippen LogP contribution in [0.15, 0.2) is 41.8 Å². The zero-order valence-electron chi connectivity index (χ0n) is 17.2. The van der Waals surface area contributed by atoms with E-state index < -0.39 is 17.8 Å². The Morgan fingerprint density at radius 2 is 1.87 bits per heavy atom. The monoisotopic (exact) mass is 439 g/mol. The van der Waals surface area contributed by atoms with Crippen LogP contribution in [0.25, 0.3) is 10.2 Å². The minimum Gasteiger partial charge on any atom is -0.325 e. The molecule has 0 radical (unpaired) electrons. The molecule has 3 aromatic rings. The molecule has 1 aromatic carbocycles. The van der Waals surface area contributed by atoms with Crippen LogP contribution in [0.2, 0.25) is 0 Å². The average Bonchev–Trinajstić information content (AvgIpc) is 3.41. The fourth-order valence-corrected chi connectivity index (χ4v) is 4.45. The number of likely N-dealkylation sites (N-methyl/N-ethyl adjacent to an activating group) is 1.